The molecule has 4 rings (SSSR count). The summed E-state index contributed by atoms with van der Waals surface area (Å²) in [6, 6.07) is 15.2. The summed E-state index contributed by atoms with van der Waals surface area (Å²) in [5.74, 6) is 1.02. The van der Waals surface area contributed by atoms with Crippen LogP contribution in [0.2, 0.25) is 0 Å². The van der Waals surface area contributed by atoms with Gasteiger partial charge in [-0.15, -0.1) is 0 Å². The molecule has 0 atom stereocenters. The summed E-state index contributed by atoms with van der Waals surface area (Å²) >= 11 is 0. The van der Waals surface area contributed by atoms with E-state index in [4.69, 9.17) is 4.74 Å². The Labute approximate surface area is 168 Å². The highest BCUT2D eigenvalue weighted by molar-refractivity contribution is 5.80. The van der Waals surface area contributed by atoms with Gasteiger partial charge in [0.2, 0.25) is 11.6 Å². The number of aryl methyl sites for hydroxylation is 1. The number of nitro groups is 1. The highest BCUT2D eigenvalue weighted by atomic mass is 16.6. The Morgan fingerprint density at radius 3 is 2.79 bits per heavy atom. The van der Waals surface area contributed by atoms with Crippen LogP contribution in [0.4, 0.5) is 28.7 Å². The van der Waals surface area contributed by atoms with Crippen molar-refractivity contribution in [3.8, 4) is 5.75 Å². The molecule has 1 aliphatic rings. The minimum Gasteiger partial charge on any atom is -0.492 e. The van der Waals surface area contributed by atoms with Crippen LogP contribution in [-0.2, 0) is 6.42 Å². The normalized spacial score (nSPS) is 12.9. The van der Waals surface area contributed by atoms with E-state index in [-0.39, 0.29) is 17.3 Å². The first-order valence-corrected chi connectivity index (χ1v) is 9.52. The number of fused-ring (bicyclic) bond motifs is 1. The molecule has 8 nitrogen and oxygen atoms in total. The van der Waals surface area contributed by atoms with Crippen LogP contribution in [-0.4, -0.2) is 28.0 Å². The Kier molecular flexibility index (Phi) is 5.24. The number of benzene rings is 2. The zero-order valence-electron chi connectivity index (χ0n) is 16.0. The van der Waals surface area contributed by atoms with Crippen molar-refractivity contribution in [2.24, 2.45) is 0 Å². The van der Waals surface area contributed by atoms with Crippen molar-refractivity contribution < 1.29 is 9.66 Å². The molecule has 148 valence electrons. The van der Waals surface area contributed by atoms with Gasteiger partial charge in [-0.2, -0.15) is 0 Å². The highest BCUT2D eigenvalue weighted by Gasteiger charge is 2.30. The van der Waals surface area contributed by atoms with Crippen LogP contribution in [0.3, 0.4) is 0 Å². The average molecular weight is 391 g/mol. The van der Waals surface area contributed by atoms with Crippen LogP contribution in [0.25, 0.3) is 0 Å². The Hall–Kier alpha value is -3.68. The van der Waals surface area contributed by atoms with Gasteiger partial charge in [0.05, 0.1) is 17.2 Å². The first-order valence-electron chi connectivity index (χ1n) is 9.52. The van der Waals surface area contributed by atoms with E-state index in [2.05, 4.69) is 15.3 Å². The topological polar surface area (TPSA) is 93.4 Å². The number of nitrogens with zero attached hydrogens (tertiary/aromatic N) is 4. The van der Waals surface area contributed by atoms with E-state index in [1.165, 1.54) is 6.33 Å². The van der Waals surface area contributed by atoms with Crippen molar-refractivity contribution >= 4 is 28.7 Å². The molecule has 2 heterocycles. The van der Waals surface area contributed by atoms with Crippen LogP contribution in [0.15, 0.2) is 54.9 Å². The first-order chi connectivity index (χ1) is 14.2. The third-order valence-corrected chi connectivity index (χ3v) is 4.79. The van der Waals surface area contributed by atoms with Gasteiger partial charge < -0.3 is 15.0 Å². The maximum atomic E-state index is 12.0. The van der Waals surface area contributed by atoms with Crippen LogP contribution >= 0.6 is 0 Å². The Morgan fingerprint density at radius 1 is 1.17 bits per heavy atom. The molecule has 8 heteroatoms. The van der Waals surface area contributed by atoms with Gasteiger partial charge in [-0.3, -0.25) is 10.1 Å². The maximum absolute atomic E-state index is 12.0. The van der Waals surface area contributed by atoms with Crippen molar-refractivity contribution in [1.82, 2.24) is 9.97 Å². The van der Waals surface area contributed by atoms with E-state index in [9.17, 15) is 10.1 Å². The Morgan fingerprint density at radius 2 is 1.97 bits per heavy atom. The lowest BCUT2D eigenvalue weighted by atomic mass is 10.0. The molecule has 1 N–H and O–H groups in total. The van der Waals surface area contributed by atoms with Gasteiger partial charge >= 0.3 is 5.69 Å². The molecule has 0 unspecified atom stereocenters. The second-order valence-corrected chi connectivity index (χ2v) is 6.59. The molecular formula is C21H21N5O3. The molecule has 0 spiro atoms. The number of para-hydroxylation sites is 3. The van der Waals surface area contributed by atoms with Gasteiger partial charge in [0.15, 0.2) is 0 Å². The SMILES string of the molecule is CCOc1ccccc1Nc1ncnc(N2CCCc3ccccc32)c1[N+](=O)[O-]. The molecule has 0 radical (unpaired) electrons. The number of aromatic nitrogens is 2. The van der Waals surface area contributed by atoms with Gasteiger partial charge in [0, 0.05) is 12.2 Å². The maximum Gasteiger partial charge on any atom is 0.354 e. The number of hydrogen-bond donors (Lipinski definition) is 1. The van der Waals surface area contributed by atoms with Crippen molar-refractivity contribution in [3.05, 3.63) is 70.5 Å². The van der Waals surface area contributed by atoms with E-state index in [0.29, 0.717) is 24.6 Å². The molecule has 3 aromatic rings. The van der Waals surface area contributed by atoms with Crippen LogP contribution < -0.4 is 15.0 Å². The summed E-state index contributed by atoms with van der Waals surface area (Å²) in [6.45, 7) is 3.03. The fourth-order valence-corrected chi connectivity index (χ4v) is 3.56. The van der Waals surface area contributed by atoms with Gasteiger partial charge in [0.1, 0.15) is 12.1 Å². The standard InChI is InChI=1S/C21H21N5O3/c1-2-29-18-12-6-4-10-16(18)24-20-19(26(27)28)21(23-14-22-20)25-13-7-9-15-8-3-5-11-17(15)25/h3-6,8,10-12,14H,2,7,9,13H2,1H3,(H,22,23,24). The fraction of sp³-hybridized carbons (Fsp3) is 0.238. The molecule has 2 aromatic carbocycles. The summed E-state index contributed by atoms with van der Waals surface area (Å²) in [7, 11) is 0. The predicted octanol–water partition coefficient (Wildman–Crippen LogP) is 4.61. The van der Waals surface area contributed by atoms with Crippen molar-refractivity contribution in [2.75, 3.05) is 23.4 Å². The molecule has 29 heavy (non-hydrogen) atoms. The molecule has 0 amide bonds. The Bertz CT molecular complexity index is 1040. The monoisotopic (exact) mass is 391 g/mol. The average Bonchev–Trinajstić information content (AvgIpc) is 2.74. The van der Waals surface area contributed by atoms with Gasteiger partial charge in [-0.25, -0.2) is 9.97 Å². The summed E-state index contributed by atoms with van der Waals surface area (Å²) in [6.07, 6.45) is 3.19. The van der Waals surface area contributed by atoms with E-state index in [1.807, 2.05) is 48.2 Å². The summed E-state index contributed by atoms with van der Waals surface area (Å²) in [4.78, 5) is 21.9. The van der Waals surface area contributed by atoms with Crippen LogP contribution in [0.1, 0.15) is 18.9 Å². The van der Waals surface area contributed by atoms with Gasteiger partial charge in [0.25, 0.3) is 0 Å². The fourth-order valence-electron chi connectivity index (χ4n) is 3.56. The predicted molar refractivity (Wildman–Crippen MR) is 111 cm³/mol. The zero-order valence-corrected chi connectivity index (χ0v) is 16.0. The van der Waals surface area contributed by atoms with E-state index < -0.39 is 4.92 Å². The second kappa shape index (κ2) is 8.14. The lowest BCUT2D eigenvalue weighted by molar-refractivity contribution is -0.383. The quantitative estimate of drug-likeness (QED) is 0.484. The van der Waals surface area contributed by atoms with Crippen molar-refractivity contribution in [1.29, 1.82) is 0 Å². The molecule has 0 saturated heterocycles. The van der Waals surface area contributed by atoms with Crippen LogP contribution in [0, 0.1) is 10.1 Å². The van der Waals surface area contributed by atoms with E-state index >= 15 is 0 Å². The largest absolute Gasteiger partial charge is 0.492 e. The molecule has 0 fully saturated rings. The molecule has 1 aliphatic heterocycles. The molecule has 1 aromatic heterocycles. The number of nitrogens with one attached hydrogen (secondary N) is 1. The number of hydrogen-bond acceptors (Lipinski definition) is 7. The van der Waals surface area contributed by atoms with E-state index in [1.54, 1.807) is 12.1 Å². The number of anilines is 4. The highest BCUT2D eigenvalue weighted by Crippen LogP contribution is 2.40. The number of ether oxygens (including phenoxy) is 1. The molecular weight excluding hydrogens is 370 g/mol. The van der Waals surface area contributed by atoms with Gasteiger partial charge in [-0.05, 0) is 43.5 Å². The number of rotatable bonds is 6. The van der Waals surface area contributed by atoms with E-state index in [0.717, 1.165) is 24.1 Å². The summed E-state index contributed by atoms with van der Waals surface area (Å²) in [5, 5.41) is 15.1. The Balaban J connectivity index is 1.78. The van der Waals surface area contributed by atoms with Crippen molar-refractivity contribution in [3.63, 3.8) is 0 Å². The van der Waals surface area contributed by atoms with Crippen LogP contribution in [0.5, 0.6) is 5.75 Å². The molecule has 0 saturated carbocycles. The third kappa shape index (κ3) is 3.69. The second-order valence-electron chi connectivity index (χ2n) is 6.59. The zero-order chi connectivity index (χ0) is 20.2. The first kappa shape index (κ1) is 18.7. The smallest absolute Gasteiger partial charge is 0.354 e. The minimum absolute atomic E-state index is 0.134. The van der Waals surface area contributed by atoms with Gasteiger partial charge in [-0.1, -0.05) is 30.3 Å². The molecule has 0 bridgehead atoms. The summed E-state index contributed by atoms with van der Waals surface area (Å²) in [5.41, 5.74) is 2.56. The molecule has 0 aliphatic carbocycles. The lowest BCUT2D eigenvalue weighted by Gasteiger charge is -2.30. The lowest BCUT2D eigenvalue weighted by Crippen LogP contribution is -2.26. The third-order valence-electron chi connectivity index (χ3n) is 4.79. The summed E-state index contributed by atoms with van der Waals surface area (Å²) < 4.78 is 5.62. The minimum atomic E-state index is -0.432. The van der Waals surface area contributed by atoms with Crippen molar-refractivity contribution in [2.45, 2.75) is 19.8 Å².